The molecule has 0 aliphatic rings. The second kappa shape index (κ2) is 6.81. The summed E-state index contributed by atoms with van der Waals surface area (Å²) in [6.45, 7) is 0.502. The lowest BCUT2D eigenvalue weighted by Gasteiger charge is -2.06. The number of anilines is 1. The van der Waals surface area contributed by atoms with Gasteiger partial charge in [-0.2, -0.15) is 0 Å². The van der Waals surface area contributed by atoms with Crippen molar-refractivity contribution in [3.05, 3.63) is 29.6 Å². The Balaban J connectivity index is 2.45. The number of carbonyl (C=O) groups excluding carboxylic acids is 1. The Morgan fingerprint density at radius 2 is 2.35 bits per heavy atom. The second-order valence-electron chi connectivity index (χ2n) is 3.24. The van der Waals surface area contributed by atoms with Crippen LogP contribution in [0.25, 0.3) is 0 Å². The largest absolute Gasteiger partial charge is 0.398 e. The molecule has 0 heterocycles. The van der Waals surface area contributed by atoms with Crippen LogP contribution in [-0.2, 0) is 0 Å². The summed E-state index contributed by atoms with van der Waals surface area (Å²) in [5.74, 6) is 3.09. The van der Waals surface area contributed by atoms with Gasteiger partial charge in [-0.25, -0.2) is 4.39 Å². The molecule has 1 aromatic rings. The fourth-order valence-corrected chi connectivity index (χ4v) is 1.71. The highest BCUT2D eigenvalue weighted by molar-refractivity contribution is 7.99. The lowest BCUT2D eigenvalue weighted by Crippen LogP contribution is -2.26. The molecule has 3 nitrogen and oxygen atoms in total. The Bertz CT molecular complexity index is 443. The Kier molecular flexibility index (Phi) is 5.37. The van der Waals surface area contributed by atoms with Crippen LogP contribution in [-0.4, -0.2) is 24.0 Å². The van der Waals surface area contributed by atoms with E-state index in [0.29, 0.717) is 12.3 Å². The van der Waals surface area contributed by atoms with Gasteiger partial charge < -0.3 is 11.1 Å². The van der Waals surface area contributed by atoms with Gasteiger partial charge in [-0.3, -0.25) is 4.79 Å². The molecule has 0 bridgehead atoms. The van der Waals surface area contributed by atoms with Crippen molar-refractivity contribution in [1.82, 2.24) is 5.32 Å². The quantitative estimate of drug-likeness (QED) is 0.474. The first-order valence-electron chi connectivity index (χ1n) is 4.99. The Morgan fingerprint density at radius 3 is 3.00 bits per heavy atom. The van der Waals surface area contributed by atoms with Gasteiger partial charge in [0.25, 0.3) is 5.91 Å². The molecule has 0 radical (unpaired) electrons. The van der Waals surface area contributed by atoms with Crippen LogP contribution in [0.2, 0.25) is 0 Å². The molecule has 0 aliphatic heterocycles. The topological polar surface area (TPSA) is 55.1 Å². The van der Waals surface area contributed by atoms with E-state index >= 15 is 0 Å². The second-order valence-corrected chi connectivity index (χ2v) is 4.35. The van der Waals surface area contributed by atoms with Crippen LogP contribution < -0.4 is 11.1 Å². The smallest absolute Gasteiger partial charge is 0.253 e. The van der Waals surface area contributed by atoms with E-state index in [-0.39, 0.29) is 17.2 Å². The fraction of sp³-hybridized carbons (Fsp3) is 0.250. The van der Waals surface area contributed by atoms with E-state index in [9.17, 15) is 9.18 Å². The van der Waals surface area contributed by atoms with Crippen molar-refractivity contribution in [2.75, 3.05) is 23.8 Å². The molecule has 0 atom stereocenters. The van der Waals surface area contributed by atoms with Crippen LogP contribution in [0.3, 0.4) is 0 Å². The van der Waals surface area contributed by atoms with Crippen LogP contribution in [0.5, 0.6) is 0 Å². The number of terminal acetylenes is 1. The maximum absolute atomic E-state index is 12.8. The molecule has 0 saturated heterocycles. The Hall–Kier alpha value is -1.67. The molecule has 3 N–H and O–H groups in total. The molecule has 1 amide bonds. The van der Waals surface area contributed by atoms with Crippen molar-refractivity contribution in [2.24, 2.45) is 0 Å². The minimum absolute atomic E-state index is 0.138. The van der Waals surface area contributed by atoms with Gasteiger partial charge in [0.1, 0.15) is 5.82 Å². The molecule has 17 heavy (non-hydrogen) atoms. The Labute approximate surface area is 104 Å². The van der Waals surface area contributed by atoms with E-state index in [1.807, 2.05) is 0 Å². The van der Waals surface area contributed by atoms with Gasteiger partial charge in [0.2, 0.25) is 0 Å². The normalized spacial score (nSPS) is 9.65. The van der Waals surface area contributed by atoms with Gasteiger partial charge in [0.15, 0.2) is 0 Å². The summed E-state index contributed by atoms with van der Waals surface area (Å²) in [6.07, 6.45) is 5.09. The molecule has 0 unspecified atom stereocenters. The zero-order chi connectivity index (χ0) is 12.7. The van der Waals surface area contributed by atoms with Crippen LogP contribution in [0, 0.1) is 18.2 Å². The number of amides is 1. The summed E-state index contributed by atoms with van der Waals surface area (Å²) in [7, 11) is 0. The summed E-state index contributed by atoms with van der Waals surface area (Å²) in [4.78, 5) is 11.6. The average molecular weight is 252 g/mol. The maximum atomic E-state index is 12.8. The van der Waals surface area contributed by atoms with Crippen LogP contribution in [0.15, 0.2) is 18.2 Å². The molecule has 0 spiro atoms. The van der Waals surface area contributed by atoms with Crippen LogP contribution in [0.1, 0.15) is 10.4 Å². The highest BCUT2D eigenvalue weighted by atomic mass is 32.2. The van der Waals surface area contributed by atoms with Crippen molar-refractivity contribution in [2.45, 2.75) is 0 Å². The number of hydrogen-bond donors (Lipinski definition) is 2. The number of rotatable bonds is 5. The molecule has 0 fully saturated rings. The highest BCUT2D eigenvalue weighted by Crippen LogP contribution is 2.13. The number of thioether (sulfide) groups is 1. The first kappa shape index (κ1) is 13.4. The van der Waals surface area contributed by atoms with Crippen molar-refractivity contribution < 1.29 is 9.18 Å². The van der Waals surface area contributed by atoms with E-state index in [0.717, 1.165) is 11.8 Å². The van der Waals surface area contributed by atoms with Gasteiger partial charge in [-0.15, -0.1) is 18.2 Å². The number of benzene rings is 1. The third-order valence-corrected chi connectivity index (χ3v) is 2.84. The number of halogens is 1. The van der Waals surface area contributed by atoms with Crippen LogP contribution in [0.4, 0.5) is 10.1 Å². The first-order chi connectivity index (χ1) is 8.15. The lowest BCUT2D eigenvalue weighted by atomic mass is 10.1. The van der Waals surface area contributed by atoms with Crippen LogP contribution >= 0.6 is 11.8 Å². The molecule has 0 aliphatic carbocycles. The summed E-state index contributed by atoms with van der Waals surface area (Å²) in [5.41, 5.74) is 5.96. The predicted octanol–water partition coefficient (Wildman–Crippen LogP) is 1.50. The standard InChI is InChI=1S/C12H13FN2OS/c1-2-6-17-7-5-15-12(16)10-4-3-9(13)8-11(10)14/h1,3-4,8H,5-7,14H2,(H,15,16). The third kappa shape index (κ3) is 4.37. The molecular weight excluding hydrogens is 239 g/mol. The number of hydrogen-bond acceptors (Lipinski definition) is 3. The Morgan fingerprint density at radius 1 is 1.59 bits per heavy atom. The van der Waals surface area contributed by atoms with Gasteiger partial charge >= 0.3 is 0 Å². The van der Waals surface area contributed by atoms with E-state index < -0.39 is 5.82 Å². The minimum atomic E-state index is -0.455. The molecule has 0 saturated carbocycles. The number of carbonyl (C=O) groups is 1. The van der Waals surface area contributed by atoms with E-state index in [2.05, 4.69) is 11.2 Å². The SMILES string of the molecule is C#CCSCCNC(=O)c1ccc(F)cc1N. The molecule has 1 rings (SSSR count). The zero-order valence-electron chi connectivity index (χ0n) is 9.20. The highest BCUT2D eigenvalue weighted by Gasteiger charge is 2.09. The predicted molar refractivity (Wildman–Crippen MR) is 69.3 cm³/mol. The lowest BCUT2D eigenvalue weighted by molar-refractivity contribution is 0.0957. The maximum Gasteiger partial charge on any atom is 0.253 e. The van der Waals surface area contributed by atoms with Crippen molar-refractivity contribution in [1.29, 1.82) is 0 Å². The van der Waals surface area contributed by atoms with E-state index in [4.69, 9.17) is 12.2 Å². The zero-order valence-corrected chi connectivity index (χ0v) is 10.0. The molecular formula is C12H13FN2OS. The van der Waals surface area contributed by atoms with Crippen molar-refractivity contribution >= 4 is 23.4 Å². The van der Waals surface area contributed by atoms with Gasteiger partial charge in [-0.05, 0) is 18.2 Å². The third-order valence-electron chi connectivity index (χ3n) is 1.98. The van der Waals surface area contributed by atoms with Crippen molar-refractivity contribution in [3.8, 4) is 12.3 Å². The molecule has 5 heteroatoms. The van der Waals surface area contributed by atoms with Gasteiger partial charge in [0, 0.05) is 18.0 Å². The molecule has 1 aromatic carbocycles. The van der Waals surface area contributed by atoms with E-state index in [1.165, 1.54) is 12.1 Å². The fourth-order valence-electron chi connectivity index (χ4n) is 1.20. The van der Waals surface area contributed by atoms with Crippen molar-refractivity contribution in [3.63, 3.8) is 0 Å². The number of nitrogens with two attached hydrogens (primary N) is 1. The number of nitrogens with one attached hydrogen (secondary N) is 1. The minimum Gasteiger partial charge on any atom is -0.398 e. The monoisotopic (exact) mass is 252 g/mol. The summed E-state index contributed by atoms with van der Waals surface area (Å²) >= 11 is 1.55. The first-order valence-corrected chi connectivity index (χ1v) is 6.15. The van der Waals surface area contributed by atoms with Gasteiger partial charge in [0.05, 0.1) is 11.3 Å². The molecule has 0 aromatic heterocycles. The van der Waals surface area contributed by atoms with E-state index in [1.54, 1.807) is 11.8 Å². The summed E-state index contributed by atoms with van der Waals surface area (Å²) < 4.78 is 12.8. The summed E-state index contributed by atoms with van der Waals surface area (Å²) in [5, 5.41) is 2.69. The molecule has 90 valence electrons. The number of nitrogen functional groups attached to an aromatic ring is 1. The van der Waals surface area contributed by atoms with Gasteiger partial charge in [-0.1, -0.05) is 5.92 Å². The average Bonchev–Trinajstić information content (AvgIpc) is 2.28. The summed E-state index contributed by atoms with van der Waals surface area (Å²) in [6, 6.07) is 3.70.